The van der Waals surface area contributed by atoms with E-state index in [0.29, 0.717) is 18.5 Å². The molecule has 0 amide bonds. The number of nitrogens with one attached hydrogen (secondary N) is 2. The molecule has 1 fully saturated rings. The topological polar surface area (TPSA) is 39.7 Å². The molecular weight excluding hydrogens is 383 g/mol. The molecule has 0 radical (unpaired) electrons. The summed E-state index contributed by atoms with van der Waals surface area (Å²) in [6.45, 7) is 2.53. The summed E-state index contributed by atoms with van der Waals surface area (Å²) < 4.78 is 13.3. The lowest BCUT2D eigenvalue weighted by molar-refractivity contribution is 0.125. The van der Waals surface area contributed by atoms with Gasteiger partial charge in [-0.05, 0) is 61.5 Å². The van der Waals surface area contributed by atoms with Crippen molar-refractivity contribution < 1.29 is 4.39 Å². The minimum atomic E-state index is -0.399. The molecule has 0 bridgehead atoms. The average Bonchev–Trinajstić information content (AvgIpc) is 3.19. The number of guanidine groups is 1. The Hall–Kier alpha value is -1.63. The fourth-order valence-electron chi connectivity index (χ4n) is 3.67. The predicted molar refractivity (Wildman–Crippen MR) is 112 cm³/mol. The van der Waals surface area contributed by atoms with Crippen LogP contribution in [-0.4, -0.2) is 38.0 Å². The third-order valence-electron chi connectivity index (χ3n) is 5.04. The van der Waals surface area contributed by atoms with Gasteiger partial charge < -0.3 is 10.6 Å². The van der Waals surface area contributed by atoms with Gasteiger partial charge in [0.2, 0.25) is 0 Å². The van der Waals surface area contributed by atoms with E-state index in [4.69, 9.17) is 11.6 Å². The summed E-state index contributed by atoms with van der Waals surface area (Å²) in [5, 5.41) is 9.03. The first-order valence-electron chi connectivity index (χ1n) is 9.20. The Morgan fingerprint density at radius 3 is 2.93 bits per heavy atom. The van der Waals surface area contributed by atoms with Crippen molar-refractivity contribution >= 4 is 28.9 Å². The summed E-state index contributed by atoms with van der Waals surface area (Å²) in [5.74, 6) is 0.874. The van der Waals surface area contributed by atoms with Gasteiger partial charge in [-0.2, -0.15) is 0 Å². The molecule has 1 aromatic carbocycles. The first-order valence-corrected chi connectivity index (χ1v) is 10.5. The number of hydrogen-bond acceptors (Lipinski definition) is 3. The van der Waals surface area contributed by atoms with Crippen molar-refractivity contribution in [2.24, 2.45) is 10.9 Å². The molecule has 1 aliphatic heterocycles. The highest BCUT2D eigenvalue weighted by Crippen LogP contribution is 2.36. The Bertz CT molecular complexity index is 765. The van der Waals surface area contributed by atoms with Crippen LogP contribution in [0, 0.1) is 11.7 Å². The van der Waals surface area contributed by atoms with Crippen LogP contribution in [0.2, 0.25) is 5.02 Å². The number of thiophene rings is 1. The number of aliphatic imine (C=N–C) groups is 1. The van der Waals surface area contributed by atoms with E-state index < -0.39 is 5.82 Å². The van der Waals surface area contributed by atoms with Crippen LogP contribution < -0.4 is 10.6 Å². The van der Waals surface area contributed by atoms with E-state index >= 15 is 0 Å². The molecule has 7 heteroatoms. The zero-order chi connectivity index (χ0) is 19.2. The molecule has 2 unspecified atom stereocenters. The minimum absolute atomic E-state index is 0.140. The van der Waals surface area contributed by atoms with Crippen LogP contribution >= 0.6 is 22.9 Å². The molecule has 2 aromatic rings. The van der Waals surface area contributed by atoms with Gasteiger partial charge in [0.1, 0.15) is 5.82 Å². The van der Waals surface area contributed by atoms with Crippen molar-refractivity contribution in [2.75, 3.05) is 27.2 Å². The lowest BCUT2D eigenvalue weighted by Gasteiger charge is -2.39. The smallest absolute Gasteiger partial charge is 0.191 e. The second kappa shape index (κ2) is 9.53. The van der Waals surface area contributed by atoms with Gasteiger partial charge in [-0.25, -0.2) is 4.39 Å². The lowest BCUT2D eigenvalue weighted by atomic mass is 9.88. The normalized spacial score (nSPS) is 21.3. The van der Waals surface area contributed by atoms with Crippen molar-refractivity contribution in [3.63, 3.8) is 0 Å². The summed E-state index contributed by atoms with van der Waals surface area (Å²) >= 11 is 7.68. The average molecular weight is 409 g/mol. The van der Waals surface area contributed by atoms with Crippen LogP contribution in [0.1, 0.15) is 29.3 Å². The van der Waals surface area contributed by atoms with Gasteiger partial charge in [0.05, 0.1) is 5.02 Å². The second-order valence-electron chi connectivity index (χ2n) is 6.90. The third-order valence-corrected chi connectivity index (χ3v) is 6.27. The minimum Gasteiger partial charge on any atom is -0.356 e. The molecule has 2 atom stereocenters. The van der Waals surface area contributed by atoms with Gasteiger partial charge in [-0.3, -0.25) is 9.89 Å². The highest BCUT2D eigenvalue weighted by molar-refractivity contribution is 7.10. The van der Waals surface area contributed by atoms with Crippen LogP contribution in [0.4, 0.5) is 4.39 Å². The van der Waals surface area contributed by atoms with Crippen molar-refractivity contribution in [1.29, 1.82) is 0 Å². The molecule has 27 heavy (non-hydrogen) atoms. The maximum atomic E-state index is 13.3. The first-order chi connectivity index (χ1) is 13.1. The number of benzene rings is 1. The molecule has 0 aliphatic carbocycles. The van der Waals surface area contributed by atoms with Crippen molar-refractivity contribution in [3.05, 3.63) is 57.0 Å². The molecule has 4 nitrogen and oxygen atoms in total. The largest absolute Gasteiger partial charge is 0.356 e. The predicted octanol–water partition coefficient (Wildman–Crippen LogP) is 4.29. The molecule has 146 valence electrons. The Kier molecular flexibility index (Phi) is 7.10. The molecule has 2 heterocycles. The van der Waals surface area contributed by atoms with Crippen LogP contribution in [0.25, 0.3) is 0 Å². The van der Waals surface area contributed by atoms with Crippen molar-refractivity contribution in [1.82, 2.24) is 15.5 Å². The Labute approximate surface area is 169 Å². The second-order valence-corrected chi connectivity index (χ2v) is 8.28. The summed E-state index contributed by atoms with van der Waals surface area (Å²) in [7, 11) is 3.97. The Morgan fingerprint density at radius 2 is 2.22 bits per heavy atom. The summed E-state index contributed by atoms with van der Waals surface area (Å²) in [4.78, 5) is 8.19. The summed E-state index contributed by atoms with van der Waals surface area (Å²) in [6, 6.07) is 9.56. The molecule has 3 rings (SSSR count). The molecule has 1 aromatic heterocycles. The van der Waals surface area contributed by atoms with E-state index in [0.717, 1.165) is 24.6 Å². The fourth-order valence-corrected chi connectivity index (χ4v) is 4.85. The lowest BCUT2D eigenvalue weighted by Crippen LogP contribution is -2.44. The van der Waals surface area contributed by atoms with Gasteiger partial charge in [0, 0.05) is 31.1 Å². The molecule has 0 saturated carbocycles. The van der Waals surface area contributed by atoms with Gasteiger partial charge in [0.15, 0.2) is 5.96 Å². The van der Waals surface area contributed by atoms with E-state index in [9.17, 15) is 4.39 Å². The van der Waals surface area contributed by atoms with Crippen molar-refractivity contribution in [3.8, 4) is 0 Å². The van der Waals surface area contributed by atoms with Gasteiger partial charge in [0.25, 0.3) is 0 Å². The number of nitrogens with zero attached hydrogens (tertiary/aromatic N) is 2. The number of piperidine rings is 1. The van der Waals surface area contributed by atoms with Crippen LogP contribution in [0.5, 0.6) is 0 Å². The molecule has 1 saturated heterocycles. The zero-order valence-electron chi connectivity index (χ0n) is 15.7. The van der Waals surface area contributed by atoms with Crippen LogP contribution in [-0.2, 0) is 6.54 Å². The van der Waals surface area contributed by atoms with Gasteiger partial charge in [-0.1, -0.05) is 23.7 Å². The highest BCUT2D eigenvalue weighted by Gasteiger charge is 2.31. The van der Waals surface area contributed by atoms with E-state index in [2.05, 4.69) is 45.1 Å². The van der Waals surface area contributed by atoms with E-state index in [1.807, 2.05) is 11.3 Å². The monoisotopic (exact) mass is 408 g/mol. The SMILES string of the molecule is CN=C(NCc1ccc(F)c(Cl)c1)NCC1CCCN(C)C1c1cccs1. The van der Waals surface area contributed by atoms with E-state index in [-0.39, 0.29) is 5.02 Å². The van der Waals surface area contributed by atoms with Gasteiger partial charge >= 0.3 is 0 Å². The fraction of sp³-hybridized carbons (Fsp3) is 0.450. The Morgan fingerprint density at radius 1 is 1.37 bits per heavy atom. The van der Waals surface area contributed by atoms with Crippen LogP contribution in [0.15, 0.2) is 40.7 Å². The number of likely N-dealkylation sites (tertiary alicyclic amines) is 1. The van der Waals surface area contributed by atoms with Crippen molar-refractivity contribution in [2.45, 2.75) is 25.4 Å². The zero-order valence-corrected chi connectivity index (χ0v) is 17.3. The molecular formula is C20H26ClFN4S. The molecule has 2 N–H and O–H groups in total. The summed E-state index contributed by atoms with van der Waals surface area (Å²) in [5.41, 5.74) is 0.915. The standard InChI is InChI=1S/C20H26ClFN4S/c1-23-20(24-12-14-7-8-17(22)16(21)11-14)25-13-15-5-3-9-26(2)19(15)18-6-4-10-27-18/h4,6-8,10-11,15,19H,3,5,9,12-13H2,1-2H3,(H2,23,24,25). The quantitative estimate of drug-likeness (QED) is 0.572. The van der Waals surface area contributed by atoms with Gasteiger partial charge in [-0.15, -0.1) is 11.3 Å². The molecule has 0 spiro atoms. The Balaban J connectivity index is 1.57. The van der Waals surface area contributed by atoms with E-state index in [1.165, 1.54) is 23.8 Å². The van der Waals surface area contributed by atoms with Crippen LogP contribution in [0.3, 0.4) is 0 Å². The third kappa shape index (κ3) is 5.21. The number of halogens is 2. The summed E-state index contributed by atoms with van der Waals surface area (Å²) in [6.07, 6.45) is 2.41. The van der Waals surface area contributed by atoms with E-state index in [1.54, 1.807) is 19.2 Å². The maximum Gasteiger partial charge on any atom is 0.191 e. The highest BCUT2D eigenvalue weighted by atomic mass is 35.5. The number of rotatable bonds is 5. The molecule has 1 aliphatic rings. The maximum absolute atomic E-state index is 13.3. The number of hydrogen-bond donors (Lipinski definition) is 2. The first kappa shape index (κ1) is 20.1.